The number of oxazole rings is 1. The van der Waals surface area contributed by atoms with E-state index in [2.05, 4.69) is 9.88 Å². The zero-order chi connectivity index (χ0) is 12.3. The summed E-state index contributed by atoms with van der Waals surface area (Å²) in [6, 6.07) is 4.30. The molecule has 2 atom stereocenters. The maximum absolute atomic E-state index is 11.2. The molecule has 0 radical (unpaired) electrons. The molecule has 2 aliphatic rings. The first-order valence-corrected chi connectivity index (χ1v) is 6.40. The van der Waals surface area contributed by atoms with E-state index < -0.39 is 5.76 Å². The molecule has 18 heavy (non-hydrogen) atoms. The van der Waals surface area contributed by atoms with Crippen molar-refractivity contribution in [2.75, 3.05) is 17.2 Å². The van der Waals surface area contributed by atoms with Gasteiger partial charge >= 0.3 is 5.76 Å². The summed E-state index contributed by atoms with van der Waals surface area (Å²) in [6.45, 7) is 1.09. The molecule has 0 spiro atoms. The van der Waals surface area contributed by atoms with Crippen LogP contribution in [0.4, 0.5) is 11.4 Å². The van der Waals surface area contributed by atoms with Gasteiger partial charge in [0.2, 0.25) is 0 Å². The summed E-state index contributed by atoms with van der Waals surface area (Å²) in [5, 5.41) is 0. The molecule has 1 aliphatic heterocycles. The molecule has 2 aromatic rings. The largest absolute Gasteiger partial charge is 0.417 e. The minimum absolute atomic E-state index is 0.426. The van der Waals surface area contributed by atoms with Gasteiger partial charge in [0.1, 0.15) is 0 Å². The zero-order valence-electron chi connectivity index (χ0n) is 9.98. The van der Waals surface area contributed by atoms with Gasteiger partial charge in [0.05, 0.1) is 16.9 Å². The molecular formula is C13H15N3O2. The topological polar surface area (TPSA) is 75.3 Å². The van der Waals surface area contributed by atoms with Gasteiger partial charge in [-0.05, 0) is 31.2 Å². The number of nitrogens with two attached hydrogens (primary N) is 1. The number of nitrogens with zero attached hydrogens (tertiary/aromatic N) is 1. The van der Waals surface area contributed by atoms with Crippen LogP contribution in [0.3, 0.4) is 0 Å². The Balaban J connectivity index is 1.84. The summed E-state index contributed by atoms with van der Waals surface area (Å²) >= 11 is 0. The van der Waals surface area contributed by atoms with Gasteiger partial charge in [0, 0.05) is 18.7 Å². The molecule has 0 amide bonds. The first-order chi connectivity index (χ1) is 8.70. The van der Waals surface area contributed by atoms with Crippen molar-refractivity contribution in [2.24, 2.45) is 5.92 Å². The van der Waals surface area contributed by atoms with Gasteiger partial charge in [0.25, 0.3) is 0 Å². The number of rotatable bonds is 1. The lowest BCUT2D eigenvalue weighted by Gasteiger charge is -2.30. The number of anilines is 2. The van der Waals surface area contributed by atoms with Gasteiger partial charge in [-0.2, -0.15) is 0 Å². The number of aromatic nitrogens is 1. The zero-order valence-corrected chi connectivity index (χ0v) is 9.98. The Kier molecular flexibility index (Phi) is 1.85. The number of hydrogen-bond donors (Lipinski definition) is 2. The van der Waals surface area contributed by atoms with E-state index in [1.807, 2.05) is 6.07 Å². The van der Waals surface area contributed by atoms with Crippen LogP contribution in [-0.2, 0) is 0 Å². The van der Waals surface area contributed by atoms with Crippen LogP contribution in [0.15, 0.2) is 21.3 Å². The van der Waals surface area contributed by atoms with Crippen LogP contribution in [0.5, 0.6) is 0 Å². The number of nitrogen functional groups attached to an aromatic ring is 1. The van der Waals surface area contributed by atoms with Crippen LogP contribution in [0, 0.1) is 5.92 Å². The summed E-state index contributed by atoms with van der Waals surface area (Å²) in [5.74, 6) is 0.387. The highest BCUT2D eigenvalue weighted by atomic mass is 16.4. The SMILES string of the molecule is Nc1cc2oc(=O)[nH]c2cc1N1CC2CCC1C2. The number of fused-ring (bicyclic) bond motifs is 3. The second kappa shape index (κ2) is 3.31. The minimum Gasteiger partial charge on any atom is -0.408 e. The molecule has 3 N–H and O–H groups in total. The lowest BCUT2D eigenvalue weighted by molar-refractivity contribution is 0.553. The van der Waals surface area contributed by atoms with Crippen LogP contribution >= 0.6 is 0 Å². The highest BCUT2D eigenvalue weighted by Gasteiger charge is 2.38. The fraction of sp³-hybridized carbons (Fsp3) is 0.462. The van der Waals surface area contributed by atoms with E-state index in [1.54, 1.807) is 6.07 Å². The Bertz CT molecular complexity index is 672. The van der Waals surface area contributed by atoms with Crippen LogP contribution in [0.25, 0.3) is 11.1 Å². The van der Waals surface area contributed by atoms with Gasteiger partial charge in [-0.15, -0.1) is 0 Å². The maximum Gasteiger partial charge on any atom is 0.417 e. The molecule has 2 unspecified atom stereocenters. The molecular weight excluding hydrogens is 230 g/mol. The number of aromatic amines is 1. The van der Waals surface area contributed by atoms with Crippen molar-refractivity contribution in [1.29, 1.82) is 0 Å². The lowest BCUT2D eigenvalue weighted by Crippen LogP contribution is -2.32. The van der Waals surface area contributed by atoms with Crippen molar-refractivity contribution in [3.05, 3.63) is 22.7 Å². The molecule has 2 heterocycles. The highest BCUT2D eigenvalue weighted by Crippen LogP contribution is 2.42. The van der Waals surface area contributed by atoms with Crippen molar-refractivity contribution >= 4 is 22.5 Å². The Labute approximate surface area is 104 Å². The van der Waals surface area contributed by atoms with E-state index in [1.165, 1.54) is 19.3 Å². The summed E-state index contributed by atoms with van der Waals surface area (Å²) in [6.07, 6.45) is 3.87. The predicted molar refractivity (Wildman–Crippen MR) is 69.7 cm³/mol. The van der Waals surface area contributed by atoms with E-state index in [4.69, 9.17) is 10.2 Å². The Morgan fingerprint density at radius 2 is 2.28 bits per heavy atom. The van der Waals surface area contributed by atoms with E-state index in [0.717, 1.165) is 23.7 Å². The van der Waals surface area contributed by atoms with Crippen molar-refractivity contribution < 1.29 is 4.42 Å². The number of hydrogen-bond acceptors (Lipinski definition) is 4. The summed E-state index contributed by atoms with van der Waals surface area (Å²) in [5.41, 5.74) is 9.08. The fourth-order valence-corrected chi connectivity index (χ4v) is 3.47. The number of nitrogens with one attached hydrogen (secondary N) is 1. The number of H-pyrrole nitrogens is 1. The molecule has 5 heteroatoms. The van der Waals surface area contributed by atoms with Crippen LogP contribution < -0.4 is 16.4 Å². The van der Waals surface area contributed by atoms with Gasteiger partial charge in [-0.25, -0.2) is 4.79 Å². The summed E-state index contributed by atoms with van der Waals surface area (Å²) in [7, 11) is 0. The third-order valence-electron chi connectivity index (χ3n) is 4.29. The first kappa shape index (κ1) is 10.1. The Hall–Kier alpha value is -1.91. The second-order valence-electron chi connectivity index (χ2n) is 5.41. The van der Waals surface area contributed by atoms with Crippen molar-refractivity contribution in [3.8, 4) is 0 Å². The van der Waals surface area contributed by atoms with Crippen LogP contribution in [0.2, 0.25) is 0 Å². The number of benzene rings is 1. The van der Waals surface area contributed by atoms with Gasteiger partial charge in [0.15, 0.2) is 5.58 Å². The number of piperidine rings is 1. The van der Waals surface area contributed by atoms with Gasteiger partial charge < -0.3 is 15.1 Å². The van der Waals surface area contributed by atoms with Gasteiger partial charge in [-0.1, -0.05) is 0 Å². The van der Waals surface area contributed by atoms with E-state index >= 15 is 0 Å². The normalized spacial score (nSPS) is 26.3. The molecule has 1 aromatic heterocycles. The predicted octanol–water partition coefficient (Wildman–Crippen LogP) is 1.69. The molecule has 2 bridgehead atoms. The average molecular weight is 245 g/mol. The minimum atomic E-state index is -0.426. The third-order valence-corrected chi connectivity index (χ3v) is 4.29. The molecule has 5 nitrogen and oxygen atoms in total. The Morgan fingerprint density at radius 1 is 1.39 bits per heavy atom. The molecule has 1 saturated heterocycles. The lowest BCUT2D eigenvalue weighted by atomic mass is 10.1. The van der Waals surface area contributed by atoms with Crippen LogP contribution in [0.1, 0.15) is 19.3 Å². The monoisotopic (exact) mass is 245 g/mol. The van der Waals surface area contributed by atoms with Crippen molar-refractivity contribution in [1.82, 2.24) is 4.98 Å². The molecule has 1 aromatic carbocycles. The van der Waals surface area contributed by atoms with E-state index in [0.29, 0.717) is 17.3 Å². The second-order valence-corrected chi connectivity index (χ2v) is 5.41. The standard InChI is InChI=1S/C13H15N3O2/c14-9-4-12-10(15-13(17)18-12)5-11(9)16-6-7-1-2-8(16)3-7/h4-5,7-8H,1-3,6,14H2,(H,15,17). The molecule has 1 aliphatic carbocycles. The van der Waals surface area contributed by atoms with E-state index in [9.17, 15) is 4.79 Å². The van der Waals surface area contributed by atoms with Crippen LogP contribution in [-0.4, -0.2) is 17.6 Å². The first-order valence-electron chi connectivity index (χ1n) is 6.40. The highest BCUT2D eigenvalue weighted by molar-refractivity contribution is 5.86. The van der Waals surface area contributed by atoms with Gasteiger partial charge in [-0.3, -0.25) is 4.98 Å². The molecule has 94 valence electrons. The third kappa shape index (κ3) is 1.30. The molecule has 1 saturated carbocycles. The smallest absolute Gasteiger partial charge is 0.408 e. The average Bonchev–Trinajstić information content (AvgIpc) is 3.00. The quantitative estimate of drug-likeness (QED) is 0.750. The Morgan fingerprint density at radius 3 is 3.00 bits per heavy atom. The van der Waals surface area contributed by atoms with E-state index in [-0.39, 0.29) is 0 Å². The molecule has 4 rings (SSSR count). The van der Waals surface area contributed by atoms with Crippen molar-refractivity contribution in [3.63, 3.8) is 0 Å². The summed E-state index contributed by atoms with van der Waals surface area (Å²) < 4.78 is 5.02. The maximum atomic E-state index is 11.2. The van der Waals surface area contributed by atoms with Crippen molar-refractivity contribution in [2.45, 2.75) is 25.3 Å². The molecule has 2 fully saturated rings. The summed E-state index contributed by atoms with van der Waals surface area (Å²) in [4.78, 5) is 16.3. The fourth-order valence-electron chi connectivity index (χ4n) is 3.47.